The summed E-state index contributed by atoms with van der Waals surface area (Å²) < 4.78 is 27.9. The van der Waals surface area contributed by atoms with Crippen LogP contribution in [-0.2, 0) is 26.0 Å². The van der Waals surface area contributed by atoms with Crippen molar-refractivity contribution in [2.45, 2.75) is 57.6 Å². The van der Waals surface area contributed by atoms with Crippen LogP contribution in [0, 0.1) is 11.3 Å². The molecule has 0 aliphatic heterocycles. The molecule has 0 unspecified atom stereocenters. The molecular formula is C26H37N3O5S. The highest BCUT2D eigenvalue weighted by Crippen LogP contribution is 2.21. The van der Waals surface area contributed by atoms with Crippen molar-refractivity contribution in [2.75, 3.05) is 13.1 Å². The fraction of sp³-hybridized carbons (Fsp3) is 0.462. The molecule has 0 heterocycles. The van der Waals surface area contributed by atoms with Crippen molar-refractivity contribution >= 4 is 21.8 Å². The summed E-state index contributed by atoms with van der Waals surface area (Å²) in [5.74, 6) is -1.04. The number of nitrogens with one attached hydrogen (secondary N) is 1. The van der Waals surface area contributed by atoms with E-state index in [-0.39, 0.29) is 36.7 Å². The first-order chi connectivity index (χ1) is 16.3. The quantitative estimate of drug-likeness (QED) is 0.386. The van der Waals surface area contributed by atoms with Crippen LogP contribution in [0.1, 0.15) is 39.7 Å². The number of benzene rings is 2. The van der Waals surface area contributed by atoms with Crippen LogP contribution in [-0.4, -0.2) is 54.9 Å². The molecule has 0 aliphatic carbocycles. The number of rotatable bonds is 13. The molecule has 35 heavy (non-hydrogen) atoms. The minimum Gasteiger partial charge on any atom is -0.390 e. The van der Waals surface area contributed by atoms with E-state index >= 15 is 0 Å². The van der Waals surface area contributed by atoms with Crippen LogP contribution in [0.2, 0.25) is 0 Å². The SMILES string of the molecule is CC(C)CN(C[C@@H](O)[C@H](Cc1ccccc1)NC(=O)CC(C)(C)C(N)=O)S(=O)(=O)c1ccccc1. The molecule has 0 aromatic heterocycles. The third-order valence-corrected chi connectivity index (χ3v) is 7.57. The number of primary amides is 1. The van der Waals surface area contributed by atoms with E-state index in [1.807, 2.05) is 44.2 Å². The fourth-order valence-electron chi connectivity index (χ4n) is 3.65. The zero-order chi connectivity index (χ0) is 26.2. The Morgan fingerprint density at radius 2 is 1.54 bits per heavy atom. The zero-order valence-electron chi connectivity index (χ0n) is 20.8. The third-order valence-electron chi connectivity index (χ3n) is 5.72. The summed E-state index contributed by atoms with van der Waals surface area (Å²) in [5.41, 5.74) is 5.21. The Morgan fingerprint density at radius 1 is 1.00 bits per heavy atom. The molecule has 192 valence electrons. The number of aliphatic hydroxyl groups excluding tert-OH is 1. The van der Waals surface area contributed by atoms with Crippen molar-refractivity contribution in [1.82, 2.24) is 9.62 Å². The third kappa shape index (κ3) is 8.45. The van der Waals surface area contributed by atoms with E-state index in [0.717, 1.165) is 5.56 Å². The van der Waals surface area contributed by atoms with Crippen molar-refractivity contribution in [3.8, 4) is 0 Å². The molecule has 2 amide bonds. The lowest BCUT2D eigenvalue weighted by atomic mass is 9.88. The van der Waals surface area contributed by atoms with Crippen LogP contribution in [0.15, 0.2) is 65.6 Å². The highest BCUT2D eigenvalue weighted by molar-refractivity contribution is 7.89. The first-order valence-electron chi connectivity index (χ1n) is 11.7. The Balaban J connectivity index is 2.30. The molecule has 0 saturated heterocycles. The van der Waals surface area contributed by atoms with Gasteiger partial charge in [-0.05, 0) is 30.0 Å². The highest BCUT2D eigenvalue weighted by atomic mass is 32.2. The van der Waals surface area contributed by atoms with Gasteiger partial charge in [0, 0.05) is 19.5 Å². The van der Waals surface area contributed by atoms with Crippen molar-refractivity contribution in [2.24, 2.45) is 17.1 Å². The van der Waals surface area contributed by atoms with Crippen molar-refractivity contribution in [3.05, 3.63) is 66.2 Å². The van der Waals surface area contributed by atoms with Crippen LogP contribution >= 0.6 is 0 Å². The monoisotopic (exact) mass is 503 g/mol. The van der Waals surface area contributed by atoms with Gasteiger partial charge in [0.2, 0.25) is 21.8 Å². The van der Waals surface area contributed by atoms with Gasteiger partial charge >= 0.3 is 0 Å². The molecule has 0 fully saturated rings. The number of hydrogen-bond acceptors (Lipinski definition) is 5. The second-order valence-electron chi connectivity index (χ2n) is 9.88. The molecule has 9 heteroatoms. The lowest BCUT2D eigenvalue weighted by Crippen LogP contribution is -2.52. The number of sulfonamides is 1. The summed E-state index contributed by atoms with van der Waals surface area (Å²) in [6.07, 6.45) is -1.07. The van der Waals surface area contributed by atoms with Crippen LogP contribution in [0.3, 0.4) is 0 Å². The smallest absolute Gasteiger partial charge is 0.243 e. The minimum absolute atomic E-state index is 0.0132. The molecule has 0 radical (unpaired) electrons. The van der Waals surface area contributed by atoms with E-state index in [1.165, 1.54) is 16.4 Å². The summed E-state index contributed by atoms with van der Waals surface area (Å²) in [7, 11) is -3.87. The molecule has 2 atom stereocenters. The van der Waals surface area contributed by atoms with Gasteiger partial charge in [0.15, 0.2) is 0 Å². The van der Waals surface area contributed by atoms with E-state index in [2.05, 4.69) is 5.32 Å². The first kappa shape index (κ1) is 28.5. The summed E-state index contributed by atoms with van der Waals surface area (Å²) in [5, 5.41) is 14.0. The summed E-state index contributed by atoms with van der Waals surface area (Å²) >= 11 is 0. The predicted molar refractivity (Wildman–Crippen MR) is 136 cm³/mol. The average molecular weight is 504 g/mol. The Kier molecular flexibility index (Phi) is 10.00. The minimum atomic E-state index is -3.87. The van der Waals surface area contributed by atoms with Gasteiger partial charge in [-0.25, -0.2) is 8.42 Å². The standard InChI is InChI=1S/C26H37N3O5S/c1-19(2)17-29(35(33,34)21-13-9-6-10-14-21)18-23(30)22(15-20-11-7-5-8-12-20)28-24(31)16-26(3,4)25(27)32/h5-14,19,22-23,30H,15-18H2,1-4H3,(H2,27,32)(H,28,31)/t22-,23+/m0/s1. The van der Waals surface area contributed by atoms with E-state index in [9.17, 15) is 23.1 Å². The van der Waals surface area contributed by atoms with Gasteiger partial charge < -0.3 is 16.2 Å². The Bertz CT molecular complexity index is 1070. The van der Waals surface area contributed by atoms with Crippen molar-refractivity contribution < 1.29 is 23.1 Å². The largest absolute Gasteiger partial charge is 0.390 e. The molecule has 2 aromatic carbocycles. The Labute approximate surface area is 208 Å². The predicted octanol–water partition coefficient (Wildman–Crippen LogP) is 2.32. The number of aliphatic hydroxyl groups is 1. The second kappa shape index (κ2) is 12.3. The zero-order valence-corrected chi connectivity index (χ0v) is 21.7. The molecule has 0 spiro atoms. The molecule has 2 aromatic rings. The Hall–Kier alpha value is -2.75. The van der Waals surface area contributed by atoms with Crippen LogP contribution in [0.25, 0.3) is 0 Å². The second-order valence-corrected chi connectivity index (χ2v) is 11.8. The van der Waals surface area contributed by atoms with Crippen LogP contribution < -0.4 is 11.1 Å². The van der Waals surface area contributed by atoms with Crippen molar-refractivity contribution in [1.29, 1.82) is 0 Å². The topological polar surface area (TPSA) is 130 Å². The summed E-state index contributed by atoms with van der Waals surface area (Å²) in [6.45, 7) is 6.95. The van der Waals surface area contributed by atoms with E-state index in [0.29, 0.717) is 0 Å². The molecule has 8 nitrogen and oxygen atoms in total. The van der Waals surface area contributed by atoms with E-state index < -0.39 is 39.4 Å². The number of carbonyl (C=O) groups is 2. The lowest BCUT2D eigenvalue weighted by Gasteiger charge is -2.31. The molecule has 0 bridgehead atoms. The molecule has 0 aliphatic rings. The fourth-order valence-corrected chi connectivity index (χ4v) is 5.30. The number of hydrogen-bond donors (Lipinski definition) is 3. The van der Waals surface area contributed by atoms with Gasteiger partial charge in [0.1, 0.15) is 0 Å². The maximum absolute atomic E-state index is 13.3. The maximum Gasteiger partial charge on any atom is 0.243 e. The van der Waals surface area contributed by atoms with Gasteiger partial charge in [-0.1, -0.05) is 76.2 Å². The molecule has 2 rings (SSSR count). The van der Waals surface area contributed by atoms with Gasteiger partial charge in [-0.3, -0.25) is 9.59 Å². The highest BCUT2D eigenvalue weighted by Gasteiger charge is 2.33. The molecular weight excluding hydrogens is 466 g/mol. The van der Waals surface area contributed by atoms with Gasteiger partial charge in [0.25, 0.3) is 0 Å². The maximum atomic E-state index is 13.3. The number of nitrogens with zero attached hydrogens (tertiary/aromatic N) is 1. The summed E-state index contributed by atoms with van der Waals surface area (Å²) in [6, 6.07) is 16.6. The Morgan fingerprint density at radius 3 is 2.06 bits per heavy atom. The number of carbonyl (C=O) groups excluding carboxylic acids is 2. The van der Waals surface area contributed by atoms with E-state index in [1.54, 1.807) is 32.0 Å². The number of amides is 2. The molecule has 0 saturated carbocycles. The van der Waals surface area contributed by atoms with Crippen molar-refractivity contribution in [3.63, 3.8) is 0 Å². The first-order valence-corrected chi connectivity index (χ1v) is 13.1. The normalized spacial score (nSPS) is 14.0. The van der Waals surface area contributed by atoms with Gasteiger partial charge in [-0.15, -0.1) is 0 Å². The van der Waals surface area contributed by atoms with Crippen LogP contribution in [0.5, 0.6) is 0 Å². The van der Waals surface area contributed by atoms with Crippen LogP contribution in [0.4, 0.5) is 0 Å². The molecule has 4 N–H and O–H groups in total. The van der Waals surface area contributed by atoms with Gasteiger partial charge in [-0.2, -0.15) is 4.31 Å². The number of nitrogens with two attached hydrogens (primary N) is 1. The average Bonchev–Trinajstić information content (AvgIpc) is 2.78. The summed E-state index contributed by atoms with van der Waals surface area (Å²) in [4.78, 5) is 24.6. The van der Waals surface area contributed by atoms with E-state index in [4.69, 9.17) is 5.73 Å². The lowest BCUT2D eigenvalue weighted by molar-refractivity contribution is -0.133. The van der Waals surface area contributed by atoms with Gasteiger partial charge in [0.05, 0.1) is 22.5 Å².